The third kappa shape index (κ3) is 3.08. The summed E-state index contributed by atoms with van der Waals surface area (Å²) in [5.41, 5.74) is 0.981. The van der Waals surface area contributed by atoms with Crippen molar-refractivity contribution < 1.29 is 19.6 Å². The quantitative estimate of drug-likeness (QED) is 0.406. The summed E-state index contributed by atoms with van der Waals surface area (Å²) in [5.74, 6) is -0.509. The number of carbonyl (C=O) groups excluding carboxylic acids is 1. The predicted octanol–water partition coefficient (Wildman–Crippen LogP) is 2.64. The molecule has 0 unspecified atom stereocenters. The van der Waals surface area contributed by atoms with Gasteiger partial charge in [0.15, 0.2) is 5.70 Å². The highest BCUT2D eigenvalue weighted by Gasteiger charge is 2.25. The number of phenolic OH excluding ortho intramolecular Hbond substituents is 1. The van der Waals surface area contributed by atoms with Crippen LogP contribution in [0, 0.1) is 10.1 Å². The van der Waals surface area contributed by atoms with Crippen molar-refractivity contribution in [3.8, 4) is 5.75 Å². The number of non-ortho nitro benzene ring substituents is 1. The van der Waals surface area contributed by atoms with E-state index in [0.29, 0.717) is 11.1 Å². The largest absolute Gasteiger partial charge is 0.508 e. The minimum Gasteiger partial charge on any atom is -0.508 e. The average molecular weight is 310 g/mol. The molecule has 1 N–H and O–H groups in total. The van der Waals surface area contributed by atoms with Gasteiger partial charge in [0.25, 0.3) is 5.69 Å². The molecule has 0 radical (unpaired) electrons. The van der Waals surface area contributed by atoms with E-state index in [1.54, 1.807) is 18.2 Å². The second kappa shape index (κ2) is 5.72. The van der Waals surface area contributed by atoms with Crippen LogP contribution < -0.4 is 0 Å². The van der Waals surface area contributed by atoms with Crippen LogP contribution in [0.2, 0.25) is 0 Å². The summed E-state index contributed by atoms with van der Waals surface area (Å²) in [5, 5.41) is 20.0. The highest BCUT2D eigenvalue weighted by Crippen LogP contribution is 2.22. The zero-order chi connectivity index (χ0) is 16.4. The lowest BCUT2D eigenvalue weighted by Gasteiger charge is -1.98. The van der Waals surface area contributed by atoms with Crippen molar-refractivity contribution in [3.05, 3.63) is 75.5 Å². The van der Waals surface area contributed by atoms with Crippen molar-refractivity contribution in [3.63, 3.8) is 0 Å². The van der Waals surface area contributed by atoms with E-state index < -0.39 is 10.9 Å². The maximum atomic E-state index is 11.9. The van der Waals surface area contributed by atoms with Crippen molar-refractivity contribution in [2.24, 2.45) is 4.99 Å². The van der Waals surface area contributed by atoms with Crippen LogP contribution in [0.15, 0.2) is 59.2 Å². The lowest BCUT2D eigenvalue weighted by atomic mass is 10.2. The molecule has 0 aromatic heterocycles. The zero-order valence-electron chi connectivity index (χ0n) is 11.7. The molecule has 23 heavy (non-hydrogen) atoms. The van der Waals surface area contributed by atoms with Crippen LogP contribution in [0.25, 0.3) is 6.08 Å². The maximum Gasteiger partial charge on any atom is 0.363 e. The standard InChI is InChI=1S/C16H10N2O5/c19-13-6-4-10(5-7-13)8-14-16(20)23-15(17-14)11-2-1-3-12(9-11)18(21)22/h1-9,19H/b14-8+. The van der Waals surface area contributed by atoms with Gasteiger partial charge in [-0.2, -0.15) is 0 Å². The van der Waals surface area contributed by atoms with Gasteiger partial charge in [-0.15, -0.1) is 0 Å². The summed E-state index contributed by atoms with van der Waals surface area (Å²) in [7, 11) is 0. The minimum absolute atomic E-state index is 0.0173. The second-order valence-electron chi connectivity index (χ2n) is 4.74. The first-order valence-electron chi connectivity index (χ1n) is 6.59. The Bertz CT molecular complexity index is 853. The van der Waals surface area contributed by atoms with Crippen molar-refractivity contribution in [2.45, 2.75) is 0 Å². The van der Waals surface area contributed by atoms with Gasteiger partial charge in [-0.3, -0.25) is 10.1 Å². The van der Waals surface area contributed by atoms with Crippen molar-refractivity contribution in [1.82, 2.24) is 0 Å². The normalized spacial score (nSPS) is 15.4. The number of phenols is 1. The van der Waals surface area contributed by atoms with Gasteiger partial charge in [-0.05, 0) is 29.8 Å². The minimum atomic E-state index is -0.639. The number of nitro benzene ring substituents is 1. The lowest BCUT2D eigenvalue weighted by Crippen LogP contribution is -2.05. The monoisotopic (exact) mass is 310 g/mol. The fourth-order valence-electron chi connectivity index (χ4n) is 2.01. The van der Waals surface area contributed by atoms with Crippen LogP contribution in [0.1, 0.15) is 11.1 Å². The summed E-state index contributed by atoms with van der Waals surface area (Å²) in [6, 6.07) is 11.9. The van der Waals surface area contributed by atoms with E-state index in [-0.39, 0.29) is 23.0 Å². The predicted molar refractivity (Wildman–Crippen MR) is 81.8 cm³/mol. The highest BCUT2D eigenvalue weighted by atomic mass is 16.6. The van der Waals surface area contributed by atoms with Gasteiger partial charge in [-0.1, -0.05) is 18.2 Å². The van der Waals surface area contributed by atoms with E-state index in [1.807, 2.05) is 0 Å². The first-order valence-corrected chi connectivity index (χ1v) is 6.59. The Morgan fingerprint density at radius 1 is 1.17 bits per heavy atom. The molecule has 0 saturated carbocycles. The molecule has 1 aliphatic rings. The smallest absolute Gasteiger partial charge is 0.363 e. The number of benzene rings is 2. The third-order valence-electron chi connectivity index (χ3n) is 3.12. The number of carbonyl (C=O) groups is 1. The van der Waals surface area contributed by atoms with Crippen LogP contribution in [0.5, 0.6) is 5.75 Å². The number of aromatic hydroxyl groups is 1. The van der Waals surface area contributed by atoms with Gasteiger partial charge in [0.1, 0.15) is 5.75 Å². The zero-order valence-corrected chi connectivity index (χ0v) is 11.7. The molecule has 7 nitrogen and oxygen atoms in total. The van der Waals surface area contributed by atoms with Gasteiger partial charge in [-0.25, -0.2) is 9.79 Å². The molecule has 114 valence electrons. The topological polar surface area (TPSA) is 102 Å². The van der Waals surface area contributed by atoms with Crippen LogP contribution in [0.4, 0.5) is 5.69 Å². The second-order valence-corrected chi connectivity index (χ2v) is 4.74. The number of rotatable bonds is 3. The summed E-state index contributed by atoms with van der Waals surface area (Å²) >= 11 is 0. The van der Waals surface area contributed by atoms with Gasteiger partial charge >= 0.3 is 5.97 Å². The number of esters is 1. The summed E-state index contributed by atoms with van der Waals surface area (Å²) in [4.78, 5) is 26.2. The first kappa shape index (κ1) is 14.5. The van der Waals surface area contributed by atoms with E-state index in [1.165, 1.54) is 36.4 Å². The van der Waals surface area contributed by atoms with Gasteiger partial charge < -0.3 is 9.84 Å². The lowest BCUT2D eigenvalue weighted by molar-refractivity contribution is -0.384. The number of hydrogen-bond acceptors (Lipinski definition) is 6. The Labute approximate surface area is 130 Å². The summed E-state index contributed by atoms with van der Waals surface area (Å²) in [6.45, 7) is 0. The fraction of sp³-hybridized carbons (Fsp3) is 0. The number of cyclic esters (lactones) is 1. The molecule has 1 heterocycles. The molecule has 0 amide bonds. The van der Waals surface area contributed by atoms with E-state index in [0.717, 1.165) is 0 Å². The van der Waals surface area contributed by atoms with Crippen LogP contribution >= 0.6 is 0 Å². The van der Waals surface area contributed by atoms with Crippen LogP contribution in [-0.4, -0.2) is 21.9 Å². The Balaban J connectivity index is 1.93. The van der Waals surface area contributed by atoms with Crippen molar-refractivity contribution in [2.75, 3.05) is 0 Å². The molecular formula is C16H10N2O5. The number of hydrogen-bond donors (Lipinski definition) is 1. The molecule has 0 aliphatic carbocycles. The summed E-state index contributed by atoms with van der Waals surface area (Å²) < 4.78 is 5.06. The molecule has 0 bridgehead atoms. The Kier molecular flexibility index (Phi) is 3.60. The highest BCUT2D eigenvalue weighted by molar-refractivity contribution is 6.13. The molecule has 2 aromatic rings. The average Bonchev–Trinajstić information content (AvgIpc) is 2.91. The molecule has 7 heteroatoms. The Morgan fingerprint density at radius 3 is 2.61 bits per heavy atom. The molecule has 0 spiro atoms. The Hall–Kier alpha value is -3.48. The van der Waals surface area contributed by atoms with E-state index in [2.05, 4.69) is 4.99 Å². The molecule has 2 aromatic carbocycles. The number of ether oxygens (including phenoxy) is 1. The summed E-state index contributed by atoms with van der Waals surface area (Å²) in [6.07, 6.45) is 1.51. The Morgan fingerprint density at radius 2 is 1.91 bits per heavy atom. The maximum absolute atomic E-state index is 11.9. The fourth-order valence-corrected chi connectivity index (χ4v) is 2.01. The van der Waals surface area contributed by atoms with Crippen LogP contribution in [0.3, 0.4) is 0 Å². The number of nitro groups is 1. The number of aliphatic imine (C=N–C) groups is 1. The molecular weight excluding hydrogens is 300 g/mol. The van der Waals surface area contributed by atoms with E-state index >= 15 is 0 Å². The first-order chi connectivity index (χ1) is 11.0. The van der Waals surface area contributed by atoms with Gasteiger partial charge in [0, 0.05) is 17.7 Å². The number of nitrogens with zero attached hydrogens (tertiary/aromatic N) is 2. The third-order valence-corrected chi connectivity index (χ3v) is 3.12. The van der Waals surface area contributed by atoms with Crippen molar-refractivity contribution >= 4 is 23.6 Å². The van der Waals surface area contributed by atoms with E-state index in [4.69, 9.17) is 4.74 Å². The van der Waals surface area contributed by atoms with Crippen LogP contribution in [-0.2, 0) is 9.53 Å². The molecule has 0 atom stereocenters. The molecule has 0 saturated heterocycles. The van der Waals surface area contributed by atoms with Gasteiger partial charge in [0.2, 0.25) is 5.90 Å². The SMILES string of the molecule is O=C1OC(c2cccc([N+](=O)[O-])c2)=N/C1=C/c1ccc(O)cc1. The van der Waals surface area contributed by atoms with E-state index in [9.17, 15) is 20.0 Å². The van der Waals surface area contributed by atoms with Gasteiger partial charge in [0.05, 0.1) is 4.92 Å². The molecule has 1 aliphatic heterocycles. The van der Waals surface area contributed by atoms with Crippen molar-refractivity contribution in [1.29, 1.82) is 0 Å². The molecule has 3 rings (SSSR count). The molecule has 0 fully saturated rings.